The van der Waals surface area contributed by atoms with E-state index in [1.54, 1.807) is 6.92 Å². The molecule has 0 saturated carbocycles. The second-order valence-electron chi connectivity index (χ2n) is 2.76. The lowest BCUT2D eigenvalue weighted by atomic mass is 10.1. The van der Waals surface area contributed by atoms with Crippen molar-refractivity contribution in [1.82, 2.24) is 0 Å². The Morgan fingerprint density at radius 1 is 1.50 bits per heavy atom. The van der Waals surface area contributed by atoms with Gasteiger partial charge < -0.3 is 4.74 Å². The molecule has 0 bridgehead atoms. The summed E-state index contributed by atoms with van der Waals surface area (Å²) in [6.45, 7) is 1.65. The number of carbonyl (C=O) groups excluding carboxylic acids is 1. The number of hydrogen-bond donors (Lipinski definition) is 0. The van der Waals surface area contributed by atoms with Crippen LogP contribution in [0.1, 0.15) is 17.3 Å². The molecule has 0 N–H and O–H groups in total. The Bertz CT molecular complexity index is 346. The molecule has 1 heterocycles. The number of benzene rings is 1. The molecule has 1 atom stereocenters. The molecule has 62 valence electrons. The van der Waals surface area contributed by atoms with Crippen molar-refractivity contribution >= 4 is 5.78 Å². The van der Waals surface area contributed by atoms with Gasteiger partial charge in [0.2, 0.25) is 5.78 Å². The van der Waals surface area contributed by atoms with E-state index >= 15 is 0 Å². The summed E-state index contributed by atoms with van der Waals surface area (Å²) in [4.78, 5) is 11.3. The van der Waals surface area contributed by atoms with E-state index in [0.717, 1.165) is 0 Å². The Morgan fingerprint density at radius 3 is 3.00 bits per heavy atom. The van der Waals surface area contributed by atoms with Gasteiger partial charge in [-0.15, -0.1) is 0 Å². The van der Waals surface area contributed by atoms with Crippen molar-refractivity contribution < 1.29 is 13.9 Å². The van der Waals surface area contributed by atoms with Crippen molar-refractivity contribution in [2.45, 2.75) is 13.0 Å². The number of halogens is 1. The number of carbonyl (C=O) groups is 1. The average molecular weight is 166 g/mol. The van der Waals surface area contributed by atoms with Gasteiger partial charge in [-0.1, -0.05) is 0 Å². The molecule has 1 unspecified atom stereocenters. The average Bonchev–Trinajstić information content (AvgIpc) is 2.31. The zero-order chi connectivity index (χ0) is 8.72. The fraction of sp³-hybridized carbons (Fsp3) is 0.222. The molecule has 0 spiro atoms. The molecule has 3 heteroatoms. The van der Waals surface area contributed by atoms with Gasteiger partial charge in [-0.25, -0.2) is 4.39 Å². The Kier molecular flexibility index (Phi) is 1.40. The highest BCUT2D eigenvalue weighted by atomic mass is 19.1. The van der Waals surface area contributed by atoms with E-state index < -0.39 is 11.9 Å². The zero-order valence-electron chi connectivity index (χ0n) is 6.50. The van der Waals surface area contributed by atoms with E-state index in [-0.39, 0.29) is 5.78 Å². The highest BCUT2D eigenvalue weighted by Gasteiger charge is 2.28. The topological polar surface area (TPSA) is 26.3 Å². The largest absolute Gasteiger partial charge is 0.482 e. The number of ketones is 1. The summed E-state index contributed by atoms with van der Waals surface area (Å²) in [6, 6.07) is 3.97. The van der Waals surface area contributed by atoms with Gasteiger partial charge in [-0.2, -0.15) is 0 Å². The van der Waals surface area contributed by atoms with Gasteiger partial charge in [0, 0.05) is 0 Å². The number of fused-ring (bicyclic) bond motifs is 1. The SMILES string of the molecule is CC1Oc2ccc(F)cc2C1=O. The van der Waals surface area contributed by atoms with Crippen LogP contribution in [0.3, 0.4) is 0 Å². The van der Waals surface area contributed by atoms with Crippen LogP contribution in [0.2, 0.25) is 0 Å². The van der Waals surface area contributed by atoms with Crippen LogP contribution in [0.15, 0.2) is 18.2 Å². The van der Waals surface area contributed by atoms with E-state index in [1.807, 2.05) is 0 Å². The normalized spacial score (nSPS) is 20.5. The molecule has 0 radical (unpaired) electrons. The van der Waals surface area contributed by atoms with Crippen LogP contribution in [0, 0.1) is 5.82 Å². The zero-order valence-corrected chi connectivity index (χ0v) is 6.50. The van der Waals surface area contributed by atoms with E-state index in [2.05, 4.69) is 0 Å². The molecule has 2 nitrogen and oxygen atoms in total. The summed E-state index contributed by atoms with van der Waals surface area (Å²) in [7, 11) is 0. The molecule has 0 saturated heterocycles. The molecule has 12 heavy (non-hydrogen) atoms. The van der Waals surface area contributed by atoms with Gasteiger partial charge >= 0.3 is 0 Å². The molecule has 0 fully saturated rings. The third-order valence-electron chi connectivity index (χ3n) is 1.88. The van der Waals surface area contributed by atoms with Crippen LogP contribution < -0.4 is 4.74 Å². The Morgan fingerprint density at radius 2 is 2.25 bits per heavy atom. The van der Waals surface area contributed by atoms with Gasteiger partial charge in [-0.3, -0.25) is 4.79 Å². The maximum Gasteiger partial charge on any atom is 0.206 e. The molecule has 0 amide bonds. The molecule has 1 aliphatic heterocycles. The summed E-state index contributed by atoms with van der Waals surface area (Å²) in [5, 5.41) is 0. The first-order valence-electron chi connectivity index (χ1n) is 3.69. The Labute approximate surface area is 69.0 Å². The third-order valence-corrected chi connectivity index (χ3v) is 1.88. The third kappa shape index (κ3) is 0.897. The lowest BCUT2D eigenvalue weighted by Gasteiger charge is -1.99. The van der Waals surface area contributed by atoms with Gasteiger partial charge in [0.25, 0.3) is 0 Å². The first kappa shape index (κ1) is 7.28. The van der Waals surface area contributed by atoms with Crippen molar-refractivity contribution in [2.75, 3.05) is 0 Å². The smallest absolute Gasteiger partial charge is 0.206 e. The van der Waals surface area contributed by atoms with Crippen molar-refractivity contribution in [2.24, 2.45) is 0 Å². The van der Waals surface area contributed by atoms with E-state index in [9.17, 15) is 9.18 Å². The lowest BCUT2D eigenvalue weighted by Crippen LogP contribution is -2.14. The maximum atomic E-state index is 12.7. The summed E-state index contributed by atoms with van der Waals surface area (Å²) in [5.41, 5.74) is 0.350. The Hall–Kier alpha value is -1.38. The first-order valence-corrected chi connectivity index (χ1v) is 3.69. The van der Waals surface area contributed by atoms with Gasteiger partial charge in [0.1, 0.15) is 11.6 Å². The predicted molar refractivity (Wildman–Crippen MR) is 40.8 cm³/mol. The first-order chi connectivity index (χ1) is 5.68. The molecule has 1 aromatic rings. The number of Topliss-reactive ketones (excluding diaryl/α,β-unsaturated/α-hetero) is 1. The Balaban J connectivity index is 2.56. The summed E-state index contributed by atoms with van der Waals surface area (Å²) in [6.07, 6.45) is -0.471. The van der Waals surface area contributed by atoms with E-state index in [4.69, 9.17) is 4.74 Å². The van der Waals surface area contributed by atoms with E-state index in [0.29, 0.717) is 11.3 Å². The number of rotatable bonds is 0. The minimum absolute atomic E-state index is 0.149. The number of ether oxygens (including phenoxy) is 1. The van der Waals surface area contributed by atoms with Crippen LogP contribution in [-0.2, 0) is 0 Å². The van der Waals surface area contributed by atoms with Gasteiger partial charge in [-0.05, 0) is 25.1 Å². The van der Waals surface area contributed by atoms with Crippen molar-refractivity contribution in [1.29, 1.82) is 0 Å². The van der Waals surface area contributed by atoms with Crippen LogP contribution in [0.5, 0.6) is 5.75 Å². The standard InChI is InChI=1S/C9H7FO2/c1-5-9(11)7-4-6(10)2-3-8(7)12-5/h2-5H,1H3. The molecule has 2 rings (SSSR count). The molecule has 1 aromatic carbocycles. The van der Waals surface area contributed by atoms with Crippen LogP contribution >= 0.6 is 0 Å². The predicted octanol–water partition coefficient (Wildman–Crippen LogP) is 1.79. The molecule has 0 aromatic heterocycles. The maximum absolute atomic E-state index is 12.7. The van der Waals surface area contributed by atoms with Crippen LogP contribution in [-0.4, -0.2) is 11.9 Å². The summed E-state index contributed by atoms with van der Waals surface area (Å²) in [5.74, 6) is -0.0711. The summed E-state index contributed by atoms with van der Waals surface area (Å²) < 4.78 is 17.8. The van der Waals surface area contributed by atoms with Crippen molar-refractivity contribution in [3.63, 3.8) is 0 Å². The fourth-order valence-electron chi connectivity index (χ4n) is 1.26. The molecule has 0 aliphatic carbocycles. The molecular weight excluding hydrogens is 159 g/mol. The van der Waals surface area contributed by atoms with E-state index in [1.165, 1.54) is 18.2 Å². The number of hydrogen-bond acceptors (Lipinski definition) is 2. The van der Waals surface area contributed by atoms with Gasteiger partial charge in [0.15, 0.2) is 6.10 Å². The minimum Gasteiger partial charge on any atom is -0.482 e. The highest BCUT2D eigenvalue weighted by Crippen LogP contribution is 2.28. The monoisotopic (exact) mass is 166 g/mol. The fourth-order valence-corrected chi connectivity index (χ4v) is 1.26. The van der Waals surface area contributed by atoms with Gasteiger partial charge in [0.05, 0.1) is 5.56 Å². The van der Waals surface area contributed by atoms with Crippen LogP contribution in [0.25, 0.3) is 0 Å². The second kappa shape index (κ2) is 2.30. The summed E-state index contributed by atoms with van der Waals surface area (Å²) >= 11 is 0. The molecular formula is C9H7FO2. The quantitative estimate of drug-likeness (QED) is 0.587. The highest BCUT2D eigenvalue weighted by molar-refractivity contribution is 6.04. The van der Waals surface area contributed by atoms with Crippen molar-refractivity contribution in [3.05, 3.63) is 29.6 Å². The molecule has 1 aliphatic rings. The lowest BCUT2D eigenvalue weighted by molar-refractivity contribution is 0.0878. The second-order valence-corrected chi connectivity index (χ2v) is 2.76. The van der Waals surface area contributed by atoms with Crippen LogP contribution in [0.4, 0.5) is 4.39 Å². The minimum atomic E-state index is -0.471. The van der Waals surface area contributed by atoms with Crippen molar-refractivity contribution in [3.8, 4) is 5.75 Å².